The van der Waals surface area contributed by atoms with Gasteiger partial charge in [0.15, 0.2) is 10.9 Å². The number of aryl methyl sites for hydroxylation is 1. The van der Waals surface area contributed by atoms with Crippen molar-refractivity contribution in [3.63, 3.8) is 0 Å². The van der Waals surface area contributed by atoms with E-state index in [2.05, 4.69) is 19.6 Å². The molecule has 0 aromatic carbocycles. The topological polar surface area (TPSA) is 30.2 Å². The molecule has 1 aromatic rings. The van der Waals surface area contributed by atoms with E-state index in [-0.39, 0.29) is 5.78 Å². The summed E-state index contributed by atoms with van der Waals surface area (Å²) in [5, 5.41) is 0.459. The van der Waals surface area contributed by atoms with Crippen LogP contribution in [0.4, 0.5) is 0 Å². The van der Waals surface area contributed by atoms with E-state index in [1.54, 1.807) is 0 Å². The van der Waals surface area contributed by atoms with Crippen LogP contribution < -0.4 is 0 Å². The zero-order valence-electron chi connectivity index (χ0n) is 8.89. The average molecular weight is 212 g/mol. The number of carbonyl (C=O) groups excluding carboxylic acids is 1. The molecule has 2 nitrogen and oxygen atoms in total. The molecule has 0 spiro atoms. The van der Waals surface area contributed by atoms with E-state index in [1.165, 1.54) is 0 Å². The lowest BCUT2D eigenvalue weighted by Crippen LogP contribution is -2.00. The number of hydrogen-bond acceptors (Lipinski definition) is 3. The fraction of sp³-hybridized carbons (Fsp3) is 0.545. The highest BCUT2D eigenvalue weighted by Gasteiger charge is 2.18. The molecule has 1 aromatic heterocycles. The Kier molecular flexibility index (Phi) is 3.81. The molecule has 0 aliphatic carbocycles. The maximum Gasteiger partial charge on any atom is 0.168 e. The number of thiol groups is 1. The molecule has 0 aliphatic rings. The van der Waals surface area contributed by atoms with E-state index in [0.717, 1.165) is 24.2 Å². The first kappa shape index (κ1) is 11.4. The summed E-state index contributed by atoms with van der Waals surface area (Å²) < 4.78 is 5.29. The van der Waals surface area contributed by atoms with Gasteiger partial charge in [-0.2, -0.15) is 0 Å². The van der Waals surface area contributed by atoms with Gasteiger partial charge < -0.3 is 4.42 Å². The second-order valence-corrected chi connectivity index (χ2v) is 3.90. The molecule has 0 fully saturated rings. The Morgan fingerprint density at radius 3 is 2.50 bits per heavy atom. The van der Waals surface area contributed by atoms with E-state index in [4.69, 9.17) is 4.42 Å². The van der Waals surface area contributed by atoms with Crippen LogP contribution >= 0.6 is 12.6 Å². The summed E-state index contributed by atoms with van der Waals surface area (Å²) in [6.45, 7) is 5.83. The van der Waals surface area contributed by atoms with Crippen molar-refractivity contribution < 1.29 is 9.21 Å². The summed E-state index contributed by atoms with van der Waals surface area (Å²) in [6, 6.07) is 0. The molecule has 0 unspecified atom stereocenters. The average Bonchev–Trinajstić information content (AvgIpc) is 2.38. The number of furan rings is 1. The molecule has 3 heteroatoms. The smallest absolute Gasteiger partial charge is 0.168 e. The number of ketones is 1. The van der Waals surface area contributed by atoms with E-state index in [9.17, 15) is 4.79 Å². The second-order valence-electron chi connectivity index (χ2n) is 3.49. The Balaban J connectivity index is 2.89. The second kappa shape index (κ2) is 4.69. The van der Waals surface area contributed by atoms with E-state index < -0.39 is 0 Å². The summed E-state index contributed by atoms with van der Waals surface area (Å²) in [5.41, 5.74) is 1.59. The summed E-state index contributed by atoms with van der Waals surface area (Å²) in [6.07, 6.45) is 2.54. The molecule has 1 heterocycles. The van der Waals surface area contributed by atoms with Crippen LogP contribution in [0, 0.1) is 13.8 Å². The molecule has 0 radical (unpaired) electrons. The van der Waals surface area contributed by atoms with Crippen molar-refractivity contribution >= 4 is 18.4 Å². The van der Waals surface area contributed by atoms with Crippen LogP contribution in [-0.2, 0) is 0 Å². The van der Waals surface area contributed by atoms with Crippen molar-refractivity contribution in [3.8, 4) is 0 Å². The molecule has 14 heavy (non-hydrogen) atoms. The first-order chi connectivity index (χ1) is 6.57. The lowest BCUT2D eigenvalue weighted by molar-refractivity contribution is 0.0974. The van der Waals surface area contributed by atoms with Gasteiger partial charge in [0, 0.05) is 12.0 Å². The third-order valence-electron chi connectivity index (χ3n) is 2.40. The van der Waals surface area contributed by atoms with Gasteiger partial charge >= 0.3 is 0 Å². The predicted molar refractivity (Wildman–Crippen MR) is 59.3 cm³/mol. The summed E-state index contributed by atoms with van der Waals surface area (Å²) in [7, 11) is 0. The summed E-state index contributed by atoms with van der Waals surface area (Å²) in [4.78, 5) is 11.7. The molecule has 0 N–H and O–H groups in total. The van der Waals surface area contributed by atoms with Crippen LogP contribution in [-0.4, -0.2) is 5.78 Å². The number of Topliss-reactive ketones (excluding diaryl/α,β-unsaturated/α-hetero) is 1. The van der Waals surface area contributed by atoms with E-state index in [1.807, 2.05) is 13.8 Å². The van der Waals surface area contributed by atoms with Gasteiger partial charge in [0.1, 0.15) is 5.76 Å². The maximum absolute atomic E-state index is 11.7. The number of rotatable bonds is 4. The van der Waals surface area contributed by atoms with Gasteiger partial charge in [-0.15, -0.1) is 12.6 Å². The zero-order chi connectivity index (χ0) is 10.7. The van der Waals surface area contributed by atoms with Crippen molar-refractivity contribution in [1.29, 1.82) is 0 Å². The Morgan fingerprint density at radius 2 is 2.07 bits per heavy atom. The van der Waals surface area contributed by atoms with Crippen LogP contribution in [0.5, 0.6) is 0 Å². The summed E-state index contributed by atoms with van der Waals surface area (Å²) in [5.74, 6) is 0.932. The van der Waals surface area contributed by atoms with Crippen molar-refractivity contribution in [3.05, 3.63) is 16.9 Å². The number of unbranched alkanes of at least 4 members (excludes halogenated alkanes) is 1. The first-order valence-corrected chi connectivity index (χ1v) is 5.34. The fourth-order valence-corrected chi connectivity index (χ4v) is 1.83. The number of carbonyl (C=O) groups is 1. The normalized spacial score (nSPS) is 10.6. The SMILES string of the molecule is CCCCC(=O)c1c(S)oc(C)c1C. The lowest BCUT2D eigenvalue weighted by atomic mass is 10.0. The Morgan fingerprint density at radius 1 is 1.43 bits per heavy atom. The van der Waals surface area contributed by atoms with Crippen LogP contribution in [0.15, 0.2) is 9.51 Å². The quantitative estimate of drug-likeness (QED) is 0.611. The van der Waals surface area contributed by atoms with Crippen molar-refractivity contribution in [2.75, 3.05) is 0 Å². The summed E-state index contributed by atoms with van der Waals surface area (Å²) >= 11 is 4.16. The van der Waals surface area contributed by atoms with E-state index in [0.29, 0.717) is 17.1 Å². The lowest BCUT2D eigenvalue weighted by Gasteiger charge is -1.98. The molecule has 0 bridgehead atoms. The van der Waals surface area contributed by atoms with Crippen LogP contribution in [0.2, 0.25) is 0 Å². The van der Waals surface area contributed by atoms with Gasteiger partial charge in [-0.25, -0.2) is 0 Å². The highest BCUT2D eigenvalue weighted by atomic mass is 32.1. The van der Waals surface area contributed by atoms with Crippen molar-refractivity contribution in [1.82, 2.24) is 0 Å². The van der Waals surface area contributed by atoms with Crippen LogP contribution in [0.25, 0.3) is 0 Å². The van der Waals surface area contributed by atoms with Gasteiger partial charge in [-0.1, -0.05) is 13.3 Å². The standard InChI is InChI=1S/C11H16O2S/c1-4-5-6-9(12)10-7(2)8(3)13-11(10)14/h14H,4-6H2,1-3H3. The van der Waals surface area contributed by atoms with Gasteiger partial charge in [-0.05, 0) is 20.3 Å². The van der Waals surface area contributed by atoms with Crippen molar-refractivity contribution in [2.45, 2.75) is 45.1 Å². The monoisotopic (exact) mass is 212 g/mol. The van der Waals surface area contributed by atoms with Crippen LogP contribution in [0.1, 0.15) is 47.9 Å². The minimum absolute atomic E-state index is 0.145. The predicted octanol–water partition coefficient (Wildman–Crippen LogP) is 3.56. The van der Waals surface area contributed by atoms with Gasteiger partial charge in [0.25, 0.3) is 0 Å². The zero-order valence-corrected chi connectivity index (χ0v) is 9.78. The highest BCUT2D eigenvalue weighted by molar-refractivity contribution is 7.80. The largest absolute Gasteiger partial charge is 0.454 e. The maximum atomic E-state index is 11.7. The molecular formula is C11H16O2S. The molecule has 78 valence electrons. The first-order valence-electron chi connectivity index (χ1n) is 4.90. The Bertz CT molecular complexity index is 339. The fourth-order valence-electron chi connectivity index (χ4n) is 1.40. The minimum atomic E-state index is 0.145. The Labute approximate surface area is 90.1 Å². The van der Waals surface area contributed by atoms with Gasteiger partial charge in [0.05, 0.1) is 5.56 Å². The third kappa shape index (κ3) is 2.21. The molecular weight excluding hydrogens is 196 g/mol. The number of hydrogen-bond donors (Lipinski definition) is 1. The van der Waals surface area contributed by atoms with Gasteiger partial charge in [0.2, 0.25) is 0 Å². The molecule has 0 aliphatic heterocycles. The molecule has 0 saturated heterocycles. The third-order valence-corrected chi connectivity index (χ3v) is 2.72. The molecule has 0 saturated carbocycles. The molecule has 0 amide bonds. The minimum Gasteiger partial charge on any atom is -0.454 e. The molecule has 1 rings (SSSR count). The van der Waals surface area contributed by atoms with E-state index >= 15 is 0 Å². The van der Waals surface area contributed by atoms with Crippen LogP contribution in [0.3, 0.4) is 0 Å². The van der Waals surface area contributed by atoms with Crippen molar-refractivity contribution in [2.24, 2.45) is 0 Å². The van der Waals surface area contributed by atoms with Gasteiger partial charge in [-0.3, -0.25) is 4.79 Å². The Hall–Kier alpha value is -0.700. The highest BCUT2D eigenvalue weighted by Crippen LogP contribution is 2.26. The molecule has 0 atom stereocenters.